The molecular weight excluding hydrogens is 278 g/mol. The van der Waals surface area contributed by atoms with Crippen LogP contribution in [0.25, 0.3) is 0 Å². The van der Waals surface area contributed by atoms with Crippen LogP contribution in [0.15, 0.2) is 29.8 Å². The van der Waals surface area contributed by atoms with Crippen molar-refractivity contribution in [3.63, 3.8) is 0 Å². The van der Waals surface area contributed by atoms with Crippen molar-refractivity contribution in [2.75, 3.05) is 13.1 Å². The van der Waals surface area contributed by atoms with Gasteiger partial charge in [0.1, 0.15) is 0 Å². The summed E-state index contributed by atoms with van der Waals surface area (Å²) >= 11 is 7.46. The highest BCUT2D eigenvalue weighted by Crippen LogP contribution is 2.13. The lowest BCUT2D eigenvalue weighted by molar-refractivity contribution is 0.280. The van der Waals surface area contributed by atoms with Crippen molar-refractivity contribution < 1.29 is 0 Å². The predicted molar refractivity (Wildman–Crippen MR) is 80.6 cm³/mol. The molecule has 0 amide bonds. The van der Waals surface area contributed by atoms with E-state index in [1.165, 1.54) is 0 Å². The lowest BCUT2D eigenvalue weighted by Gasteiger charge is -2.19. The third-order valence-electron chi connectivity index (χ3n) is 2.94. The van der Waals surface area contributed by atoms with E-state index >= 15 is 0 Å². The van der Waals surface area contributed by atoms with Crippen LogP contribution in [0, 0.1) is 0 Å². The zero-order valence-corrected chi connectivity index (χ0v) is 12.6. The summed E-state index contributed by atoms with van der Waals surface area (Å²) in [6, 6.07) is 6.05. The van der Waals surface area contributed by atoms with E-state index in [4.69, 9.17) is 11.6 Å². The van der Waals surface area contributed by atoms with Crippen LogP contribution >= 0.6 is 22.9 Å². The van der Waals surface area contributed by atoms with E-state index < -0.39 is 0 Å². The Labute approximate surface area is 123 Å². The average molecular weight is 296 g/mol. The molecule has 0 aliphatic carbocycles. The summed E-state index contributed by atoms with van der Waals surface area (Å²) in [5.74, 6) is 0.502. The molecule has 0 bridgehead atoms. The van der Waals surface area contributed by atoms with Gasteiger partial charge in [0.25, 0.3) is 0 Å². The minimum Gasteiger partial charge on any atom is -0.297 e. The summed E-state index contributed by atoms with van der Waals surface area (Å²) in [4.78, 5) is 11.2. The second kappa shape index (κ2) is 7.58. The topological polar surface area (TPSA) is 29.0 Å². The van der Waals surface area contributed by atoms with Crippen LogP contribution in [0.4, 0.5) is 0 Å². The highest BCUT2D eigenvalue weighted by Gasteiger charge is 2.07. The van der Waals surface area contributed by atoms with Crippen LogP contribution in [0.1, 0.15) is 23.3 Å². The minimum absolute atomic E-state index is 0.502. The number of likely N-dealkylation sites (N-methyl/N-ethyl adjacent to an activating group) is 1. The zero-order chi connectivity index (χ0) is 13.5. The Balaban J connectivity index is 1.85. The number of pyridine rings is 1. The summed E-state index contributed by atoms with van der Waals surface area (Å²) in [6.07, 6.45) is 2.82. The molecule has 0 saturated carbocycles. The van der Waals surface area contributed by atoms with Gasteiger partial charge < -0.3 is 0 Å². The maximum atomic E-state index is 5.76. The van der Waals surface area contributed by atoms with Crippen molar-refractivity contribution in [1.82, 2.24) is 14.9 Å². The van der Waals surface area contributed by atoms with Crippen LogP contribution in [-0.2, 0) is 18.8 Å². The molecule has 0 fully saturated rings. The van der Waals surface area contributed by atoms with Gasteiger partial charge in [0.15, 0.2) is 0 Å². The largest absolute Gasteiger partial charge is 0.297 e. The normalized spacial score (nSPS) is 11.1. The molecule has 0 radical (unpaired) electrons. The van der Waals surface area contributed by atoms with Gasteiger partial charge in [-0.25, -0.2) is 4.98 Å². The van der Waals surface area contributed by atoms with Gasteiger partial charge in [0, 0.05) is 31.1 Å². The second-order valence-corrected chi connectivity index (χ2v) is 5.52. The Bertz CT molecular complexity index is 486. The van der Waals surface area contributed by atoms with E-state index in [-0.39, 0.29) is 0 Å². The molecule has 19 heavy (non-hydrogen) atoms. The summed E-state index contributed by atoms with van der Waals surface area (Å²) in [5, 5.41) is 3.20. The minimum atomic E-state index is 0.502. The van der Waals surface area contributed by atoms with Crippen molar-refractivity contribution in [2.24, 2.45) is 0 Å². The summed E-state index contributed by atoms with van der Waals surface area (Å²) in [5.41, 5.74) is 2.10. The first-order chi connectivity index (χ1) is 9.31. The fourth-order valence-electron chi connectivity index (χ4n) is 1.85. The Hall–Kier alpha value is -0.970. The Morgan fingerprint density at radius 1 is 1.32 bits per heavy atom. The number of nitrogens with zero attached hydrogens (tertiary/aromatic N) is 3. The van der Waals surface area contributed by atoms with Gasteiger partial charge in [0.05, 0.1) is 22.3 Å². The number of hydrogen-bond acceptors (Lipinski definition) is 4. The highest BCUT2D eigenvalue weighted by atomic mass is 35.5. The Kier molecular flexibility index (Phi) is 5.76. The molecule has 0 N–H and O–H groups in total. The molecule has 0 atom stereocenters. The van der Waals surface area contributed by atoms with Gasteiger partial charge in [0.2, 0.25) is 0 Å². The third-order valence-corrected chi connectivity index (χ3v) is 4.17. The first-order valence-corrected chi connectivity index (χ1v) is 7.84. The Morgan fingerprint density at radius 2 is 2.21 bits per heavy atom. The summed E-state index contributed by atoms with van der Waals surface area (Å²) < 4.78 is 0. The van der Waals surface area contributed by atoms with E-state index in [0.29, 0.717) is 5.88 Å². The van der Waals surface area contributed by atoms with Crippen LogP contribution in [0.5, 0.6) is 0 Å². The number of halogens is 1. The Morgan fingerprint density at radius 3 is 2.84 bits per heavy atom. The lowest BCUT2D eigenvalue weighted by Crippen LogP contribution is -2.25. The van der Waals surface area contributed by atoms with Crippen molar-refractivity contribution >= 4 is 22.9 Å². The standard InChI is InChI=1S/C14H18ClN3S/c1-2-18(10-12-5-3-4-7-16-12)8-6-14-17-13(9-15)11-19-14/h3-5,7,11H,2,6,8-10H2,1H3. The second-order valence-electron chi connectivity index (χ2n) is 4.31. The highest BCUT2D eigenvalue weighted by molar-refractivity contribution is 7.09. The number of thiazole rings is 1. The lowest BCUT2D eigenvalue weighted by atomic mass is 10.3. The van der Waals surface area contributed by atoms with E-state index in [0.717, 1.165) is 42.5 Å². The van der Waals surface area contributed by atoms with E-state index in [1.807, 2.05) is 23.7 Å². The molecule has 3 nitrogen and oxygen atoms in total. The van der Waals surface area contributed by atoms with Crippen LogP contribution < -0.4 is 0 Å². The van der Waals surface area contributed by atoms with Gasteiger partial charge in [-0.1, -0.05) is 13.0 Å². The average Bonchev–Trinajstić information content (AvgIpc) is 2.92. The first-order valence-electron chi connectivity index (χ1n) is 6.43. The molecule has 2 aromatic rings. The van der Waals surface area contributed by atoms with Crippen molar-refractivity contribution in [1.29, 1.82) is 0 Å². The monoisotopic (exact) mass is 295 g/mol. The molecular formula is C14H18ClN3S. The maximum Gasteiger partial charge on any atom is 0.0941 e. The first kappa shape index (κ1) is 14.4. The molecule has 102 valence electrons. The van der Waals surface area contributed by atoms with E-state index in [1.54, 1.807) is 11.3 Å². The van der Waals surface area contributed by atoms with Gasteiger partial charge in [-0.2, -0.15) is 0 Å². The predicted octanol–water partition coefficient (Wildman–Crippen LogP) is 3.34. The van der Waals surface area contributed by atoms with E-state index in [9.17, 15) is 0 Å². The van der Waals surface area contributed by atoms with Gasteiger partial charge in [-0.05, 0) is 18.7 Å². The van der Waals surface area contributed by atoms with Crippen molar-refractivity contribution in [3.05, 3.63) is 46.2 Å². The SMILES string of the molecule is CCN(CCc1nc(CCl)cs1)Cc1ccccn1. The smallest absolute Gasteiger partial charge is 0.0941 e. The molecule has 0 spiro atoms. The molecule has 5 heteroatoms. The molecule has 2 aromatic heterocycles. The number of aromatic nitrogens is 2. The zero-order valence-electron chi connectivity index (χ0n) is 11.1. The van der Waals surface area contributed by atoms with Gasteiger partial charge in [-0.15, -0.1) is 22.9 Å². The van der Waals surface area contributed by atoms with Crippen LogP contribution in [0.2, 0.25) is 0 Å². The molecule has 2 heterocycles. The van der Waals surface area contributed by atoms with Gasteiger partial charge >= 0.3 is 0 Å². The molecule has 0 aliphatic heterocycles. The van der Waals surface area contributed by atoms with E-state index in [2.05, 4.69) is 27.9 Å². The molecule has 2 rings (SSSR count). The maximum absolute atomic E-state index is 5.76. The molecule has 0 aliphatic rings. The van der Waals surface area contributed by atoms with Crippen LogP contribution in [0.3, 0.4) is 0 Å². The molecule has 0 unspecified atom stereocenters. The number of rotatable bonds is 7. The fourth-order valence-corrected chi connectivity index (χ4v) is 2.86. The van der Waals surface area contributed by atoms with Crippen molar-refractivity contribution in [2.45, 2.75) is 25.8 Å². The molecule has 0 saturated heterocycles. The number of hydrogen-bond donors (Lipinski definition) is 0. The van der Waals surface area contributed by atoms with Crippen molar-refractivity contribution in [3.8, 4) is 0 Å². The fraction of sp³-hybridized carbons (Fsp3) is 0.429. The summed E-state index contributed by atoms with van der Waals surface area (Å²) in [6.45, 7) is 5.09. The summed E-state index contributed by atoms with van der Waals surface area (Å²) in [7, 11) is 0. The quantitative estimate of drug-likeness (QED) is 0.734. The van der Waals surface area contributed by atoms with Crippen LogP contribution in [-0.4, -0.2) is 28.0 Å². The van der Waals surface area contributed by atoms with Gasteiger partial charge in [-0.3, -0.25) is 9.88 Å². The number of alkyl halides is 1. The molecule has 0 aromatic carbocycles. The third kappa shape index (κ3) is 4.56.